The first kappa shape index (κ1) is 14.9. The van der Waals surface area contributed by atoms with Gasteiger partial charge in [0, 0.05) is 12.6 Å². The third-order valence-corrected chi connectivity index (χ3v) is 3.48. The minimum absolute atomic E-state index is 0.0656. The Kier molecular flexibility index (Phi) is 4.04. The second-order valence-electron chi connectivity index (χ2n) is 6.28. The number of hydrogen-bond donors (Lipinski definition) is 1. The topological polar surface area (TPSA) is 55.6 Å². The summed E-state index contributed by atoms with van der Waals surface area (Å²) in [4.78, 5) is 13.9. The molecule has 20 heavy (non-hydrogen) atoms. The van der Waals surface area contributed by atoms with E-state index in [-0.39, 0.29) is 12.1 Å². The van der Waals surface area contributed by atoms with Crippen LogP contribution in [0.4, 0.5) is 10.5 Å². The van der Waals surface area contributed by atoms with E-state index in [2.05, 4.69) is 13.0 Å². The summed E-state index contributed by atoms with van der Waals surface area (Å²) in [6.45, 7) is 8.39. The third-order valence-electron chi connectivity index (χ3n) is 3.48. The van der Waals surface area contributed by atoms with Crippen LogP contribution in [-0.2, 0) is 11.2 Å². The van der Waals surface area contributed by atoms with Gasteiger partial charge in [0.2, 0.25) is 0 Å². The molecule has 1 heterocycles. The number of nitrogens with zero attached hydrogens (tertiary/aromatic N) is 1. The quantitative estimate of drug-likeness (QED) is 0.900. The normalized spacial score (nSPS) is 15.9. The van der Waals surface area contributed by atoms with Crippen LogP contribution in [0.25, 0.3) is 0 Å². The zero-order chi connectivity index (χ0) is 14.9. The third kappa shape index (κ3) is 3.12. The first-order valence-electron chi connectivity index (χ1n) is 7.20. The van der Waals surface area contributed by atoms with Gasteiger partial charge >= 0.3 is 6.09 Å². The Bertz CT molecular complexity index is 506. The lowest BCUT2D eigenvalue weighted by Crippen LogP contribution is -2.35. The summed E-state index contributed by atoms with van der Waals surface area (Å²) < 4.78 is 5.44. The molecule has 4 heteroatoms. The van der Waals surface area contributed by atoms with E-state index < -0.39 is 5.60 Å². The van der Waals surface area contributed by atoms with Gasteiger partial charge in [0.05, 0.1) is 5.69 Å². The molecule has 1 aliphatic heterocycles. The van der Waals surface area contributed by atoms with E-state index in [1.54, 1.807) is 4.90 Å². The number of carbonyl (C=O) groups excluding carboxylic acids is 1. The van der Waals surface area contributed by atoms with Gasteiger partial charge < -0.3 is 10.5 Å². The van der Waals surface area contributed by atoms with Crippen LogP contribution in [0.3, 0.4) is 0 Å². The Morgan fingerprint density at radius 1 is 1.45 bits per heavy atom. The summed E-state index contributed by atoms with van der Waals surface area (Å²) in [5.74, 6) is 0. The standard InChI is InChI=1S/C16H24N2O2/c1-5-13(17)11-6-7-14-12(10-11)8-9-18(14)15(19)20-16(2,3)4/h6-7,10,13H,5,8-9,17H2,1-4H3. The molecular weight excluding hydrogens is 252 g/mol. The molecule has 2 N–H and O–H groups in total. The van der Waals surface area contributed by atoms with Crippen molar-refractivity contribution in [2.24, 2.45) is 5.73 Å². The molecule has 0 saturated carbocycles. The lowest BCUT2D eigenvalue weighted by molar-refractivity contribution is 0.0584. The molecule has 2 rings (SSSR count). The zero-order valence-electron chi connectivity index (χ0n) is 12.8. The van der Waals surface area contributed by atoms with E-state index in [0.717, 1.165) is 24.1 Å². The Balaban J connectivity index is 2.19. The monoisotopic (exact) mass is 276 g/mol. The van der Waals surface area contributed by atoms with Crippen LogP contribution in [0.2, 0.25) is 0 Å². The van der Waals surface area contributed by atoms with Gasteiger partial charge in [0.1, 0.15) is 5.60 Å². The van der Waals surface area contributed by atoms with Crippen LogP contribution in [-0.4, -0.2) is 18.2 Å². The maximum atomic E-state index is 12.2. The average Bonchev–Trinajstić information content (AvgIpc) is 2.78. The molecule has 4 nitrogen and oxygen atoms in total. The van der Waals surface area contributed by atoms with Crippen molar-refractivity contribution in [2.75, 3.05) is 11.4 Å². The van der Waals surface area contributed by atoms with Crippen LogP contribution >= 0.6 is 0 Å². The van der Waals surface area contributed by atoms with Gasteiger partial charge in [0.25, 0.3) is 0 Å². The van der Waals surface area contributed by atoms with Crippen molar-refractivity contribution in [3.8, 4) is 0 Å². The molecule has 0 aromatic heterocycles. The van der Waals surface area contributed by atoms with Crippen molar-refractivity contribution in [3.05, 3.63) is 29.3 Å². The molecule has 0 bridgehead atoms. The molecule has 0 fully saturated rings. The highest BCUT2D eigenvalue weighted by Crippen LogP contribution is 2.31. The van der Waals surface area contributed by atoms with Crippen LogP contribution in [0.1, 0.15) is 51.3 Å². The van der Waals surface area contributed by atoms with Gasteiger partial charge in [-0.25, -0.2) is 4.79 Å². The molecule has 0 radical (unpaired) electrons. The van der Waals surface area contributed by atoms with E-state index >= 15 is 0 Å². The lowest BCUT2D eigenvalue weighted by Gasteiger charge is -2.25. The second kappa shape index (κ2) is 5.44. The lowest BCUT2D eigenvalue weighted by atomic mass is 10.0. The van der Waals surface area contributed by atoms with Gasteiger partial charge in [0.15, 0.2) is 0 Å². The molecule has 1 amide bonds. The van der Waals surface area contributed by atoms with E-state index in [1.807, 2.05) is 32.9 Å². The van der Waals surface area contributed by atoms with E-state index in [0.29, 0.717) is 6.54 Å². The summed E-state index contributed by atoms with van der Waals surface area (Å²) >= 11 is 0. The Labute approximate surface area is 120 Å². The van der Waals surface area contributed by atoms with Gasteiger partial charge in [-0.05, 0) is 50.8 Å². The molecule has 0 spiro atoms. The summed E-state index contributed by atoms with van der Waals surface area (Å²) in [7, 11) is 0. The summed E-state index contributed by atoms with van der Waals surface area (Å²) in [5.41, 5.74) is 8.86. The average molecular weight is 276 g/mol. The fourth-order valence-electron chi connectivity index (χ4n) is 2.39. The van der Waals surface area contributed by atoms with Gasteiger partial charge in [-0.15, -0.1) is 0 Å². The summed E-state index contributed by atoms with van der Waals surface area (Å²) in [6.07, 6.45) is 1.50. The predicted molar refractivity (Wildman–Crippen MR) is 80.9 cm³/mol. The van der Waals surface area contributed by atoms with E-state index in [9.17, 15) is 4.79 Å². The first-order chi connectivity index (χ1) is 9.31. The fourth-order valence-corrected chi connectivity index (χ4v) is 2.39. The van der Waals surface area contributed by atoms with Crippen LogP contribution in [0.5, 0.6) is 0 Å². The minimum atomic E-state index is -0.468. The fraction of sp³-hybridized carbons (Fsp3) is 0.562. The Morgan fingerprint density at radius 2 is 2.15 bits per heavy atom. The molecule has 1 aromatic carbocycles. The molecule has 1 aromatic rings. The number of fused-ring (bicyclic) bond motifs is 1. The van der Waals surface area contributed by atoms with E-state index in [4.69, 9.17) is 10.5 Å². The molecule has 1 aliphatic rings. The largest absolute Gasteiger partial charge is 0.443 e. The molecule has 1 unspecified atom stereocenters. The smallest absolute Gasteiger partial charge is 0.414 e. The van der Waals surface area contributed by atoms with Gasteiger partial charge in [-0.1, -0.05) is 19.1 Å². The number of hydrogen-bond acceptors (Lipinski definition) is 3. The maximum Gasteiger partial charge on any atom is 0.414 e. The molecule has 0 aliphatic carbocycles. The molecule has 1 atom stereocenters. The molecule has 0 saturated heterocycles. The maximum absolute atomic E-state index is 12.2. The molecular formula is C16H24N2O2. The number of nitrogens with two attached hydrogens (primary N) is 1. The highest BCUT2D eigenvalue weighted by Gasteiger charge is 2.29. The first-order valence-corrected chi connectivity index (χ1v) is 7.20. The number of rotatable bonds is 2. The second-order valence-corrected chi connectivity index (χ2v) is 6.28. The van der Waals surface area contributed by atoms with Crippen molar-refractivity contribution < 1.29 is 9.53 Å². The number of ether oxygens (including phenoxy) is 1. The van der Waals surface area contributed by atoms with Crippen LogP contribution in [0, 0.1) is 0 Å². The van der Waals surface area contributed by atoms with Crippen LogP contribution < -0.4 is 10.6 Å². The molecule has 110 valence electrons. The zero-order valence-corrected chi connectivity index (χ0v) is 12.8. The predicted octanol–water partition coefficient (Wildman–Crippen LogP) is 3.39. The number of amides is 1. The highest BCUT2D eigenvalue weighted by molar-refractivity contribution is 5.90. The number of benzene rings is 1. The van der Waals surface area contributed by atoms with Crippen molar-refractivity contribution in [1.29, 1.82) is 0 Å². The van der Waals surface area contributed by atoms with E-state index in [1.165, 1.54) is 5.56 Å². The van der Waals surface area contributed by atoms with Crippen molar-refractivity contribution in [1.82, 2.24) is 0 Å². The van der Waals surface area contributed by atoms with Gasteiger partial charge in [-0.2, -0.15) is 0 Å². The SMILES string of the molecule is CCC(N)c1ccc2c(c1)CCN2C(=O)OC(C)(C)C. The number of carbonyl (C=O) groups is 1. The van der Waals surface area contributed by atoms with Crippen molar-refractivity contribution in [2.45, 2.75) is 52.2 Å². The van der Waals surface area contributed by atoms with Crippen molar-refractivity contribution >= 4 is 11.8 Å². The minimum Gasteiger partial charge on any atom is -0.443 e. The summed E-state index contributed by atoms with van der Waals surface area (Å²) in [6, 6.07) is 6.18. The van der Waals surface area contributed by atoms with Crippen LogP contribution in [0.15, 0.2) is 18.2 Å². The van der Waals surface area contributed by atoms with Gasteiger partial charge in [-0.3, -0.25) is 4.90 Å². The Morgan fingerprint density at radius 3 is 2.75 bits per heavy atom. The van der Waals surface area contributed by atoms with Crippen molar-refractivity contribution in [3.63, 3.8) is 0 Å². The highest BCUT2D eigenvalue weighted by atomic mass is 16.6. The Hall–Kier alpha value is -1.55. The number of anilines is 1. The summed E-state index contributed by atoms with van der Waals surface area (Å²) in [5, 5.41) is 0.